The Morgan fingerprint density at radius 2 is 0.889 bits per heavy atom. The second-order valence-corrected chi connectivity index (χ2v) is 17.4. The minimum atomic E-state index is -0.225. The van der Waals surface area contributed by atoms with Crippen LogP contribution in [0.25, 0.3) is 65.3 Å². The van der Waals surface area contributed by atoms with Crippen molar-refractivity contribution in [2.45, 2.75) is 19.3 Å². The number of benzene rings is 11. The van der Waals surface area contributed by atoms with E-state index in [0.717, 1.165) is 17.1 Å². The van der Waals surface area contributed by atoms with Gasteiger partial charge in [-0.2, -0.15) is 0 Å². The van der Waals surface area contributed by atoms with Gasteiger partial charge in [0.2, 0.25) is 0 Å². The molecule has 2 nitrogen and oxygen atoms in total. The molecule has 0 spiro atoms. The third-order valence-corrected chi connectivity index (χ3v) is 13.4. The summed E-state index contributed by atoms with van der Waals surface area (Å²) in [5.41, 5.74) is 14.1. The average Bonchev–Trinajstić information content (AvgIpc) is 3.34. The van der Waals surface area contributed by atoms with Gasteiger partial charge in [0.15, 0.2) is 0 Å². The summed E-state index contributed by atoms with van der Waals surface area (Å²) >= 11 is 0. The summed E-state index contributed by atoms with van der Waals surface area (Å²) in [4.78, 5) is 4.96. The molecule has 1 aliphatic rings. The molecule has 0 fully saturated rings. The molecule has 0 saturated heterocycles. The fourth-order valence-corrected chi connectivity index (χ4v) is 10.2. The summed E-state index contributed by atoms with van der Waals surface area (Å²) in [6.45, 7) is 4.75. The number of hydrogen-bond acceptors (Lipinski definition) is 2. The molecular formula is C61H44N2. The first-order valence-electron chi connectivity index (χ1n) is 21.9. The summed E-state index contributed by atoms with van der Waals surface area (Å²) in [5, 5.41) is 9.80. The Morgan fingerprint density at radius 3 is 1.67 bits per heavy atom. The monoisotopic (exact) mass is 804 g/mol. The Morgan fingerprint density at radius 1 is 0.349 bits per heavy atom. The Hall–Kier alpha value is -7.94. The third kappa shape index (κ3) is 6.09. The highest BCUT2D eigenvalue weighted by atomic mass is 15.2. The van der Waals surface area contributed by atoms with Gasteiger partial charge in [0, 0.05) is 33.1 Å². The van der Waals surface area contributed by atoms with Crippen LogP contribution in [0.1, 0.15) is 25.0 Å². The second-order valence-electron chi connectivity index (χ2n) is 17.4. The van der Waals surface area contributed by atoms with Crippen LogP contribution in [0.5, 0.6) is 0 Å². The molecule has 0 saturated carbocycles. The van der Waals surface area contributed by atoms with Crippen molar-refractivity contribution in [2.24, 2.45) is 0 Å². The van der Waals surface area contributed by atoms with Gasteiger partial charge in [0.25, 0.3) is 0 Å². The Labute approximate surface area is 368 Å². The van der Waals surface area contributed by atoms with Crippen molar-refractivity contribution in [2.75, 3.05) is 9.80 Å². The van der Waals surface area contributed by atoms with E-state index in [-0.39, 0.29) is 5.41 Å². The van der Waals surface area contributed by atoms with Gasteiger partial charge in [-0.05, 0) is 109 Å². The quantitative estimate of drug-likeness (QED) is 0.165. The van der Waals surface area contributed by atoms with Crippen LogP contribution in [0.2, 0.25) is 0 Å². The van der Waals surface area contributed by atoms with E-state index in [1.54, 1.807) is 0 Å². The highest BCUT2D eigenvalue weighted by molar-refractivity contribution is 6.08. The van der Waals surface area contributed by atoms with Crippen molar-refractivity contribution < 1.29 is 0 Å². The third-order valence-electron chi connectivity index (χ3n) is 13.4. The summed E-state index contributed by atoms with van der Waals surface area (Å²) < 4.78 is 0. The highest BCUT2D eigenvalue weighted by Crippen LogP contribution is 2.56. The molecule has 12 rings (SSSR count). The van der Waals surface area contributed by atoms with Crippen LogP contribution >= 0.6 is 0 Å². The normalized spacial score (nSPS) is 13.0. The van der Waals surface area contributed by atoms with Gasteiger partial charge in [-0.25, -0.2) is 0 Å². The lowest BCUT2D eigenvalue weighted by Gasteiger charge is -2.43. The first kappa shape index (κ1) is 36.9. The van der Waals surface area contributed by atoms with Crippen molar-refractivity contribution in [3.05, 3.63) is 242 Å². The first-order valence-corrected chi connectivity index (χ1v) is 21.9. The van der Waals surface area contributed by atoms with Crippen LogP contribution in [-0.4, -0.2) is 0 Å². The van der Waals surface area contributed by atoms with Crippen molar-refractivity contribution >= 4 is 77.2 Å². The fourth-order valence-electron chi connectivity index (χ4n) is 10.2. The maximum Gasteiger partial charge on any atom is 0.0618 e. The standard InChI is InChI=1S/C61H44N2/c1-61(2)55-23-11-12-24-58(55)63(60-53-22-10-8-17-45(53)31-36-54(60)49-27-26-41-14-3-5-18-46(41)38-49)59-40-48(32-37-56(59)61)43-28-33-50(34-29-43)62(51-35-30-42-15-4-6-19-47(42)39-51)57-25-13-20-44-16-7-9-21-52(44)57/h3-40H,1-2H3. The summed E-state index contributed by atoms with van der Waals surface area (Å²) in [5.74, 6) is 0. The van der Waals surface area contributed by atoms with Gasteiger partial charge >= 0.3 is 0 Å². The summed E-state index contributed by atoms with van der Waals surface area (Å²) in [7, 11) is 0. The Bertz CT molecular complexity index is 3560. The molecule has 1 aliphatic heterocycles. The van der Waals surface area contributed by atoms with Crippen molar-refractivity contribution in [1.82, 2.24) is 0 Å². The minimum Gasteiger partial charge on any atom is -0.310 e. The molecule has 0 amide bonds. The predicted molar refractivity (Wildman–Crippen MR) is 269 cm³/mol. The first-order chi connectivity index (χ1) is 31.0. The number of rotatable bonds is 6. The topological polar surface area (TPSA) is 6.48 Å². The molecule has 2 heteroatoms. The van der Waals surface area contributed by atoms with Crippen molar-refractivity contribution in [1.29, 1.82) is 0 Å². The van der Waals surface area contributed by atoms with E-state index in [1.165, 1.54) is 93.5 Å². The largest absolute Gasteiger partial charge is 0.310 e. The number of fused-ring (bicyclic) bond motifs is 6. The number of para-hydroxylation sites is 1. The van der Waals surface area contributed by atoms with E-state index in [9.17, 15) is 0 Å². The lowest BCUT2D eigenvalue weighted by molar-refractivity contribution is 0.632. The Kier molecular flexibility index (Phi) is 8.55. The van der Waals surface area contributed by atoms with Crippen LogP contribution in [0.4, 0.5) is 34.1 Å². The van der Waals surface area contributed by atoms with Gasteiger partial charge < -0.3 is 9.80 Å². The molecule has 0 aliphatic carbocycles. The van der Waals surface area contributed by atoms with Crippen LogP contribution in [-0.2, 0) is 5.41 Å². The van der Waals surface area contributed by atoms with Gasteiger partial charge in [0.05, 0.1) is 22.7 Å². The zero-order valence-electron chi connectivity index (χ0n) is 35.3. The summed E-state index contributed by atoms with van der Waals surface area (Å²) in [6.07, 6.45) is 0. The number of anilines is 6. The van der Waals surface area contributed by atoms with Gasteiger partial charge in [-0.1, -0.05) is 196 Å². The van der Waals surface area contributed by atoms with Gasteiger partial charge in [-0.15, -0.1) is 0 Å². The molecule has 0 N–H and O–H groups in total. The summed E-state index contributed by atoms with van der Waals surface area (Å²) in [6, 6.07) is 84.9. The van der Waals surface area contributed by atoms with Crippen LogP contribution in [0.3, 0.4) is 0 Å². The molecule has 0 bridgehead atoms. The molecule has 63 heavy (non-hydrogen) atoms. The molecule has 11 aromatic rings. The number of nitrogens with zero attached hydrogens (tertiary/aromatic N) is 2. The maximum atomic E-state index is 2.56. The Balaban J connectivity index is 1.03. The second kappa shape index (κ2) is 14.6. The van der Waals surface area contributed by atoms with Crippen LogP contribution in [0.15, 0.2) is 231 Å². The molecule has 298 valence electrons. The minimum absolute atomic E-state index is 0.225. The molecule has 11 aromatic carbocycles. The van der Waals surface area contributed by atoms with E-state index in [1.807, 2.05) is 0 Å². The smallest absolute Gasteiger partial charge is 0.0618 e. The van der Waals surface area contributed by atoms with Crippen molar-refractivity contribution in [3.63, 3.8) is 0 Å². The molecule has 0 aromatic heterocycles. The molecule has 0 atom stereocenters. The predicted octanol–water partition coefficient (Wildman–Crippen LogP) is 17.2. The average molecular weight is 805 g/mol. The lowest BCUT2D eigenvalue weighted by Crippen LogP contribution is -2.31. The molecule has 1 heterocycles. The molecule has 0 unspecified atom stereocenters. The van der Waals surface area contributed by atoms with Gasteiger partial charge in [0.1, 0.15) is 0 Å². The van der Waals surface area contributed by atoms with Crippen LogP contribution in [0, 0.1) is 0 Å². The fraction of sp³-hybridized carbons (Fsp3) is 0.0492. The lowest BCUT2D eigenvalue weighted by atomic mass is 9.73. The van der Waals surface area contributed by atoms with E-state index >= 15 is 0 Å². The van der Waals surface area contributed by atoms with E-state index < -0.39 is 0 Å². The zero-order valence-corrected chi connectivity index (χ0v) is 35.3. The number of hydrogen-bond donors (Lipinski definition) is 0. The van der Waals surface area contributed by atoms with Gasteiger partial charge in [-0.3, -0.25) is 0 Å². The van der Waals surface area contributed by atoms with E-state index in [4.69, 9.17) is 0 Å². The zero-order chi connectivity index (χ0) is 42.1. The van der Waals surface area contributed by atoms with Crippen molar-refractivity contribution in [3.8, 4) is 22.3 Å². The molecule has 0 radical (unpaired) electrons. The van der Waals surface area contributed by atoms with E-state index in [0.29, 0.717) is 0 Å². The van der Waals surface area contributed by atoms with Crippen LogP contribution < -0.4 is 9.80 Å². The highest BCUT2D eigenvalue weighted by Gasteiger charge is 2.38. The maximum absolute atomic E-state index is 2.56. The molecular weight excluding hydrogens is 761 g/mol. The SMILES string of the molecule is CC1(C)c2ccccc2N(c2c(-c3ccc4ccccc4c3)ccc3ccccc23)c2cc(-c3ccc(N(c4ccc5ccccc5c4)c4cccc5ccccc45)cc3)ccc21. The van der Waals surface area contributed by atoms with E-state index in [2.05, 4.69) is 254 Å².